The third-order valence-electron chi connectivity index (χ3n) is 8.94. The van der Waals surface area contributed by atoms with Gasteiger partial charge in [0.15, 0.2) is 5.70 Å². The number of benzene rings is 2. The molecular weight excluding hydrogens is 522 g/mol. The molecule has 0 spiro atoms. The molecule has 1 N–H and O–H groups in total. The molecule has 8 heteroatoms. The first-order valence-corrected chi connectivity index (χ1v) is 14.6. The Labute approximate surface area is 244 Å². The van der Waals surface area contributed by atoms with E-state index >= 15 is 0 Å². The molecule has 4 aliphatic rings. The molecule has 3 aliphatic heterocycles. The maximum Gasteiger partial charge on any atom is 0.285 e. The van der Waals surface area contributed by atoms with E-state index in [2.05, 4.69) is 72.7 Å². The number of amidine groups is 1. The maximum atomic E-state index is 13.0. The number of nitrogens with one attached hydrogen (secondary N) is 1. The molecule has 8 rings (SSSR count). The number of carbonyl (C=O) groups is 1. The van der Waals surface area contributed by atoms with Crippen LogP contribution >= 0.6 is 0 Å². The van der Waals surface area contributed by atoms with Gasteiger partial charge >= 0.3 is 0 Å². The summed E-state index contributed by atoms with van der Waals surface area (Å²) in [6.07, 6.45) is 13.0. The molecule has 2 aromatic heterocycles. The predicted molar refractivity (Wildman–Crippen MR) is 166 cm³/mol. The Kier molecular flexibility index (Phi) is 5.89. The molecule has 42 heavy (non-hydrogen) atoms. The average molecular weight is 554 g/mol. The van der Waals surface area contributed by atoms with E-state index in [1.54, 1.807) is 0 Å². The number of pyridine rings is 2. The van der Waals surface area contributed by atoms with Crippen molar-refractivity contribution in [2.45, 2.75) is 30.7 Å². The van der Waals surface area contributed by atoms with Gasteiger partial charge in [0.1, 0.15) is 5.82 Å². The van der Waals surface area contributed by atoms with E-state index in [-0.39, 0.29) is 17.4 Å². The minimum absolute atomic E-state index is 0.0134. The second-order valence-electron chi connectivity index (χ2n) is 11.5. The van der Waals surface area contributed by atoms with Crippen molar-refractivity contribution in [3.05, 3.63) is 120 Å². The van der Waals surface area contributed by atoms with E-state index < -0.39 is 0 Å². The van der Waals surface area contributed by atoms with Crippen molar-refractivity contribution in [1.82, 2.24) is 20.2 Å². The summed E-state index contributed by atoms with van der Waals surface area (Å²) >= 11 is 0. The first-order chi connectivity index (χ1) is 20.7. The highest BCUT2D eigenvalue weighted by atomic mass is 16.1. The van der Waals surface area contributed by atoms with Crippen LogP contribution in [-0.4, -0.2) is 47.5 Å². The van der Waals surface area contributed by atoms with Gasteiger partial charge in [-0.3, -0.25) is 14.7 Å². The van der Waals surface area contributed by atoms with Gasteiger partial charge in [0.05, 0.1) is 17.1 Å². The zero-order chi connectivity index (χ0) is 28.1. The van der Waals surface area contributed by atoms with Crippen LogP contribution in [0.1, 0.15) is 35.2 Å². The van der Waals surface area contributed by atoms with Crippen molar-refractivity contribution < 1.29 is 4.79 Å². The zero-order valence-corrected chi connectivity index (χ0v) is 23.2. The van der Waals surface area contributed by atoms with Gasteiger partial charge in [-0.2, -0.15) is 4.99 Å². The molecule has 8 nitrogen and oxygen atoms in total. The quantitative estimate of drug-likeness (QED) is 0.338. The Bertz CT molecular complexity index is 1760. The molecule has 1 aliphatic carbocycles. The number of allylic oxidation sites excluding steroid dienone is 1. The van der Waals surface area contributed by atoms with Gasteiger partial charge in [-0.1, -0.05) is 23.1 Å². The first-order valence-electron chi connectivity index (χ1n) is 14.6. The number of aromatic nitrogens is 2. The van der Waals surface area contributed by atoms with E-state index in [0.29, 0.717) is 12.2 Å². The molecular formula is C34H31N7O+. The Balaban J connectivity index is 0.942. The number of fused-ring (bicyclic) bond motifs is 2. The number of aliphatic imine (C=N–C) groups is 1. The molecule has 1 amide bonds. The van der Waals surface area contributed by atoms with E-state index in [9.17, 15) is 4.79 Å². The summed E-state index contributed by atoms with van der Waals surface area (Å²) in [5.74, 6) is 1.89. The Morgan fingerprint density at radius 1 is 0.976 bits per heavy atom. The fourth-order valence-corrected chi connectivity index (χ4v) is 6.47. The Morgan fingerprint density at radius 2 is 1.86 bits per heavy atom. The van der Waals surface area contributed by atoms with Crippen LogP contribution in [0.25, 0.3) is 10.9 Å². The van der Waals surface area contributed by atoms with E-state index in [1.165, 1.54) is 16.6 Å². The predicted octanol–water partition coefficient (Wildman–Crippen LogP) is 5.06. The normalized spacial score (nSPS) is 20.8. The fraction of sp³-hybridized carbons (Fsp3) is 0.235. The summed E-state index contributed by atoms with van der Waals surface area (Å²) in [6.45, 7) is 2.33. The van der Waals surface area contributed by atoms with Crippen LogP contribution in [0.3, 0.4) is 0 Å². The summed E-state index contributed by atoms with van der Waals surface area (Å²) in [4.78, 5) is 33.5. The van der Waals surface area contributed by atoms with Gasteiger partial charge in [0.25, 0.3) is 11.7 Å². The van der Waals surface area contributed by atoms with Crippen LogP contribution < -0.4 is 20.0 Å². The highest BCUT2D eigenvalue weighted by Gasteiger charge is 2.58. The molecule has 1 unspecified atom stereocenters. The lowest BCUT2D eigenvalue weighted by Crippen LogP contribution is -2.47. The van der Waals surface area contributed by atoms with Gasteiger partial charge in [0, 0.05) is 60.4 Å². The number of hydrogen-bond acceptors (Lipinski definition) is 7. The van der Waals surface area contributed by atoms with Gasteiger partial charge in [-0.05, 0) is 79.4 Å². The largest absolute Gasteiger partial charge is 0.354 e. The van der Waals surface area contributed by atoms with Gasteiger partial charge < -0.3 is 10.2 Å². The smallest absolute Gasteiger partial charge is 0.285 e. The molecule has 1 saturated carbocycles. The summed E-state index contributed by atoms with van der Waals surface area (Å²) < 4.78 is 0. The second-order valence-corrected chi connectivity index (χ2v) is 11.5. The van der Waals surface area contributed by atoms with Crippen LogP contribution in [0.15, 0.2) is 114 Å². The summed E-state index contributed by atoms with van der Waals surface area (Å²) in [5, 5.41) is 4.38. The van der Waals surface area contributed by atoms with Crippen LogP contribution in [-0.2, 0) is 5.41 Å². The van der Waals surface area contributed by atoms with Crippen molar-refractivity contribution in [1.29, 1.82) is 0 Å². The fourth-order valence-electron chi connectivity index (χ4n) is 6.47. The number of carbonyl (C=O) groups excluding carboxylic acids is 1. The van der Waals surface area contributed by atoms with E-state index in [1.807, 2.05) is 60.9 Å². The Hall–Kier alpha value is -4.82. The standard InChI is InChI=1S/C34H31N7O/c42-33(38-27-12-18-39(22-27)31-5-1-2-16-36-31)24-6-9-28(10-7-24)40-19-13-32-37-21-30(41(32)23-40)34(14-15-34)26-8-11-29-25(20-26)4-3-17-35-29/h1-11,13,16-17,19-21,27H,12,14-15,18,22-23H2,(H,38,42)/q+1. The molecule has 1 atom stereocenters. The first kappa shape index (κ1) is 24.9. The minimum Gasteiger partial charge on any atom is -0.354 e. The van der Waals surface area contributed by atoms with E-state index in [4.69, 9.17) is 4.99 Å². The van der Waals surface area contributed by atoms with Crippen LogP contribution in [0.4, 0.5) is 11.5 Å². The lowest BCUT2D eigenvalue weighted by Gasteiger charge is -2.27. The van der Waals surface area contributed by atoms with E-state index in [0.717, 1.165) is 55.2 Å². The average Bonchev–Trinajstić information content (AvgIpc) is 3.52. The van der Waals surface area contributed by atoms with Crippen molar-refractivity contribution in [2.75, 3.05) is 29.6 Å². The van der Waals surface area contributed by atoms with Gasteiger partial charge in [-0.25, -0.2) is 4.98 Å². The van der Waals surface area contributed by atoms with Crippen LogP contribution in [0.5, 0.6) is 0 Å². The Morgan fingerprint density at radius 3 is 2.69 bits per heavy atom. The number of anilines is 2. The highest BCUT2D eigenvalue weighted by molar-refractivity contribution is 6.01. The maximum absolute atomic E-state index is 13.0. The monoisotopic (exact) mass is 553 g/mol. The molecule has 4 aromatic rings. The SMILES string of the molecule is O=C(NC1CCN(c2ccccn2)C1)c1ccc(N2C=CC3=NC=C(C4(c5ccc6ncccc6c5)CC4)[N+]3C2)cc1. The lowest BCUT2D eigenvalue weighted by atomic mass is 9.90. The number of hydrogen-bond donors (Lipinski definition) is 1. The van der Waals surface area contributed by atoms with Gasteiger partial charge in [0.2, 0.25) is 6.67 Å². The second kappa shape index (κ2) is 9.92. The zero-order valence-electron chi connectivity index (χ0n) is 23.2. The molecule has 2 aromatic carbocycles. The molecule has 5 heterocycles. The van der Waals surface area contributed by atoms with Crippen molar-refractivity contribution in [3.63, 3.8) is 0 Å². The summed E-state index contributed by atoms with van der Waals surface area (Å²) in [7, 11) is 0. The lowest BCUT2D eigenvalue weighted by molar-refractivity contribution is 0.0940. The third kappa shape index (κ3) is 4.35. The summed E-state index contributed by atoms with van der Waals surface area (Å²) in [6, 6.07) is 24.7. The number of amides is 1. The molecule has 207 valence electrons. The summed E-state index contributed by atoms with van der Waals surface area (Å²) in [5.41, 5.74) is 5.29. The third-order valence-corrected chi connectivity index (χ3v) is 8.94. The number of nitrogens with zero attached hydrogens (tertiary/aromatic N) is 6. The minimum atomic E-state index is -0.0379. The van der Waals surface area contributed by atoms with Crippen molar-refractivity contribution in [2.24, 2.45) is 4.99 Å². The van der Waals surface area contributed by atoms with Gasteiger partial charge in [-0.15, -0.1) is 0 Å². The number of rotatable bonds is 6. The van der Waals surface area contributed by atoms with Crippen LogP contribution in [0.2, 0.25) is 0 Å². The van der Waals surface area contributed by atoms with Crippen LogP contribution in [0, 0.1) is 0 Å². The topological polar surface area (TPSA) is 79.6 Å². The van der Waals surface area contributed by atoms with Crippen molar-refractivity contribution >= 4 is 34.2 Å². The molecule has 1 saturated heterocycles. The molecule has 0 bridgehead atoms. The highest BCUT2D eigenvalue weighted by Crippen LogP contribution is 2.55. The van der Waals surface area contributed by atoms with Crippen molar-refractivity contribution in [3.8, 4) is 0 Å². The molecule has 2 fully saturated rings. The molecule has 1 radical (unpaired) electrons.